The normalized spacial score (nSPS) is 14.9. The van der Waals surface area contributed by atoms with Crippen LogP contribution >= 0.6 is 28.1 Å². The molecule has 1 fully saturated rings. The molecule has 3 aromatic rings. The number of ether oxygens (including phenoxy) is 2. The van der Waals surface area contributed by atoms with E-state index in [1.807, 2.05) is 36.4 Å². The van der Waals surface area contributed by atoms with E-state index in [0.29, 0.717) is 35.0 Å². The molecule has 1 N–H and O–H groups in total. The second-order valence-electron chi connectivity index (χ2n) is 8.79. The molecule has 4 rings (SSSR count). The average Bonchev–Trinajstić information content (AvgIpc) is 3.17. The number of hydrogen-bond acceptors (Lipinski definition) is 6. The van der Waals surface area contributed by atoms with Crippen molar-refractivity contribution in [3.8, 4) is 5.75 Å². The molecule has 1 unspecified atom stereocenters. The maximum absolute atomic E-state index is 13.7. The van der Waals surface area contributed by atoms with Gasteiger partial charge in [-0.1, -0.05) is 28.1 Å². The lowest BCUT2D eigenvalue weighted by molar-refractivity contribution is -0.124. The molecular weight excluding hydrogens is 582 g/mol. The molecule has 202 valence electrons. The van der Waals surface area contributed by atoms with Gasteiger partial charge in [-0.2, -0.15) is 0 Å². The summed E-state index contributed by atoms with van der Waals surface area (Å²) in [7, 11) is 1.61. The van der Waals surface area contributed by atoms with E-state index in [1.54, 1.807) is 55.3 Å². The Balaban J connectivity index is 1.55. The van der Waals surface area contributed by atoms with E-state index >= 15 is 0 Å². The number of hydrogen-bond donors (Lipinski definition) is 1. The second kappa shape index (κ2) is 12.9. The van der Waals surface area contributed by atoms with Crippen molar-refractivity contribution in [3.05, 3.63) is 88.4 Å². The van der Waals surface area contributed by atoms with Crippen molar-refractivity contribution in [2.75, 3.05) is 30.5 Å². The van der Waals surface area contributed by atoms with Gasteiger partial charge in [0.15, 0.2) is 5.11 Å². The summed E-state index contributed by atoms with van der Waals surface area (Å²) < 4.78 is 11.2. The van der Waals surface area contributed by atoms with Crippen LogP contribution in [0, 0.1) is 0 Å². The first kappa shape index (κ1) is 28.3. The monoisotopic (exact) mass is 609 g/mol. The highest BCUT2D eigenvalue weighted by atomic mass is 79.9. The first-order valence-corrected chi connectivity index (χ1v) is 13.6. The van der Waals surface area contributed by atoms with Gasteiger partial charge in [-0.3, -0.25) is 14.5 Å². The van der Waals surface area contributed by atoms with Gasteiger partial charge in [0.1, 0.15) is 11.8 Å². The van der Waals surface area contributed by atoms with Crippen LogP contribution in [0.4, 0.5) is 11.4 Å². The van der Waals surface area contributed by atoms with Gasteiger partial charge in [0.2, 0.25) is 5.91 Å². The number of nitrogens with zero attached hydrogens (tertiary/aromatic N) is 2. The largest absolute Gasteiger partial charge is 0.497 e. The molecule has 1 heterocycles. The summed E-state index contributed by atoms with van der Waals surface area (Å²) in [5, 5.41) is 3.16. The summed E-state index contributed by atoms with van der Waals surface area (Å²) in [5.41, 5.74) is 2.57. The number of amides is 2. The van der Waals surface area contributed by atoms with Crippen LogP contribution in [0.2, 0.25) is 0 Å². The summed E-state index contributed by atoms with van der Waals surface area (Å²) in [4.78, 5) is 42.0. The minimum Gasteiger partial charge on any atom is -0.497 e. The van der Waals surface area contributed by atoms with Gasteiger partial charge >= 0.3 is 5.97 Å². The third-order valence-corrected chi connectivity index (χ3v) is 7.21. The number of esters is 1. The van der Waals surface area contributed by atoms with Crippen LogP contribution in [-0.2, 0) is 20.7 Å². The fourth-order valence-corrected chi connectivity index (χ4v) is 4.93. The molecule has 1 saturated heterocycles. The Labute approximate surface area is 241 Å². The summed E-state index contributed by atoms with van der Waals surface area (Å²) in [6.45, 7) is 2.44. The molecule has 0 radical (unpaired) electrons. The topological polar surface area (TPSA) is 88.2 Å². The van der Waals surface area contributed by atoms with Crippen molar-refractivity contribution < 1.29 is 23.9 Å². The Hall–Kier alpha value is -3.76. The molecule has 0 bridgehead atoms. The fraction of sp³-hybridized carbons (Fsp3) is 0.241. The highest BCUT2D eigenvalue weighted by molar-refractivity contribution is 9.10. The molecule has 0 aliphatic carbocycles. The van der Waals surface area contributed by atoms with Gasteiger partial charge in [0, 0.05) is 16.7 Å². The number of anilines is 2. The van der Waals surface area contributed by atoms with Crippen molar-refractivity contribution in [3.63, 3.8) is 0 Å². The number of thiocarbonyl (C=S) groups is 1. The molecule has 39 heavy (non-hydrogen) atoms. The van der Waals surface area contributed by atoms with Crippen LogP contribution in [0.5, 0.6) is 5.75 Å². The number of benzene rings is 3. The van der Waals surface area contributed by atoms with Crippen LogP contribution in [-0.4, -0.2) is 54.1 Å². The van der Waals surface area contributed by atoms with Crippen molar-refractivity contribution in [1.29, 1.82) is 0 Å². The van der Waals surface area contributed by atoms with Crippen molar-refractivity contribution in [2.24, 2.45) is 0 Å². The Morgan fingerprint density at radius 3 is 2.28 bits per heavy atom. The average molecular weight is 611 g/mol. The Bertz CT molecular complexity index is 1350. The summed E-state index contributed by atoms with van der Waals surface area (Å²) in [6.07, 6.45) is 0.535. The molecule has 1 aliphatic heterocycles. The molecule has 0 aromatic heterocycles. The van der Waals surface area contributed by atoms with E-state index in [-0.39, 0.29) is 24.8 Å². The number of nitrogens with one attached hydrogen (secondary N) is 1. The highest BCUT2D eigenvalue weighted by Crippen LogP contribution is 2.28. The maximum atomic E-state index is 13.7. The maximum Gasteiger partial charge on any atom is 0.338 e. The summed E-state index contributed by atoms with van der Waals surface area (Å²) in [5.74, 6) is -0.287. The van der Waals surface area contributed by atoms with Crippen molar-refractivity contribution in [2.45, 2.75) is 25.8 Å². The van der Waals surface area contributed by atoms with Crippen LogP contribution in [0.15, 0.2) is 77.3 Å². The van der Waals surface area contributed by atoms with E-state index in [2.05, 4.69) is 21.2 Å². The number of carbonyl (C=O) groups is 3. The number of halogens is 1. The minimum absolute atomic E-state index is 0.0743. The van der Waals surface area contributed by atoms with Gasteiger partial charge < -0.3 is 19.7 Å². The van der Waals surface area contributed by atoms with Crippen LogP contribution in [0.1, 0.15) is 29.3 Å². The zero-order valence-corrected chi connectivity index (χ0v) is 24.0. The van der Waals surface area contributed by atoms with Crippen molar-refractivity contribution >= 4 is 62.4 Å². The lowest BCUT2D eigenvalue weighted by atomic mass is 10.1. The molecule has 2 amide bonds. The molecule has 8 nitrogen and oxygen atoms in total. The van der Waals surface area contributed by atoms with Crippen LogP contribution in [0.25, 0.3) is 0 Å². The highest BCUT2D eigenvalue weighted by Gasteiger charge is 2.44. The van der Waals surface area contributed by atoms with Crippen LogP contribution in [0.3, 0.4) is 0 Å². The molecule has 10 heteroatoms. The Kier molecular flexibility index (Phi) is 9.32. The number of carbonyl (C=O) groups excluding carboxylic acids is 3. The third-order valence-electron chi connectivity index (χ3n) is 6.26. The zero-order valence-electron chi connectivity index (χ0n) is 21.6. The van der Waals surface area contributed by atoms with E-state index < -0.39 is 12.0 Å². The molecular formula is C29H28BrN3O5S. The lowest BCUT2D eigenvalue weighted by Crippen LogP contribution is -2.39. The van der Waals surface area contributed by atoms with E-state index in [9.17, 15) is 14.4 Å². The standard InChI is InChI=1S/C29H28BrN3O5S/c1-3-38-28(36)20-6-12-23(13-7-20)33-27(35)25(18-26(34)31-22-10-8-21(30)9-11-22)32(29(33)39)17-16-19-4-14-24(37-2)15-5-19/h4-15,25H,3,16-18H2,1-2H3,(H,31,34). The van der Waals surface area contributed by atoms with Gasteiger partial charge in [-0.05, 0) is 91.8 Å². The van der Waals surface area contributed by atoms with E-state index in [4.69, 9.17) is 21.7 Å². The first-order valence-electron chi connectivity index (χ1n) is 12.4. The third kappa shape index (κ3) is 6.82. The van der Waals surface area contributed by atoms with Crippen molar-refractivity contribution in [1.82, 2.24) is 4.90 Å². The first-order chi connectivity index (χ1) is 18.8. The van der Waals surface area contributed by atoms with Crippen LogP contribution < -0.4 is 15.0 Å². The van der Waals surface area contributed by atoms with Gasteiger partial charge in [-0.25, -0.2) is 4.79 Å². The van der Waals surface area contributed by atoms with Gasteiger partial charge in [0.25, 0.3) is 5.91 Å². The van der Waals surface area contributed by atoms with E-state index in [1.165, 1.54) is 4.90 Å². The lowest BCUT2D eigenvalue weighted by Gasteiger charge is -2.24. The molecule has 0 saturated carbocycles. The Morgan fingerprint density at radius 1 is 1.00 bits per heavy atom. The quantitative estimate of drug-likeness (QED) is 0.249. The predicted molar refractivity (Wildman–Crippen MR) is 157 cm³/mol. The molecule has 0 spiro atoms. The number of methoxy groups -OCH3 is 1. The molecule has 3 aromatic carbocycles. The predicted octanol–water partition coefficient (Wildman–Crippen LogP) is 5.21. The summed E-state index contributed by atoms with van der Waals surface area (Å²) in [6, 6.07) is 20.6. The Morgan fingerprint density at radius 2 is 1.67 bits per heavy atom. The fourth-order valence-electron chi connectivity index (χ4n) is 4.25. The second-order valence-corrected chi connectivity index (χ2v) is 10.1. The number of rotatable bonds is 10. The smallest absolute Gasteiger partial charge is 0.338 e. The SMILES string of the molecule is CCOC(=O)c1ccc(N2C(=O)C(CC(=O)Nc3ccc(Br)cc3)N(CCc3ccc(OC)cc3)C2=S)cc1. The molecule has 1 atom stereocenters. The minimum atomic E-state index is -0.782. The van der Waals surface area contributed by atoms with Gasteiger partial charge in [-0.15, -0.1) is 0 Å². The zero-order chi connectivity index (χ0) is 27.9. The summed E-state index contributed by atoms with van der Waals surface area (Å²) >= 11 is 9.14. The van der Waals surface area contributed by atoms with Gasteiger partial charge in [0.05, 0.1) is 31.4 Å². The van der Waals surface area contributed by atoms with E-state index in [0.717, 1.165) is 15.8 Å². The molecule has 1 aliphatic rings.